The molecule has 0 aliphatic carbocycles. The van der Waals surface area contributed by atoms with Crippen LogP contribution < -0.4 is 0 Å². The lowest BCUT2D eigenvalue weighted by atomic mass is 10.0. The zero-order valence-corrected chi connectivity index (χ0v) is 23.1. The van der Waals surface area contributed by atoms with Gasteiger partial charge in [0.1, 0.15) is 0 Å². The molecule has 0 spiro atoms. The van der Waals surface area contributed by atoms with Crippen molar-refractivity contribution in [3.8, 4) is 0 Å². The molecule has 0 rings (SSSR count). The summed E-state index contributed by atoms with van der Waals surface area (Å²) in [5.41, 5.74) is 0. The maximum Gasteiger partial charge on any atom is 0.0900 e. The van der Waals surface area contributed by atoms with E-state index in [1.54, 1.807) is 12.2 Å². The Morgan fingerprint density at radius 2 is 0.943 bits per heavy atom. The smallest absolute Gasteiger partial charge is 0.0900 e. The Morgan fingerprint density at radius 3 is 1.29 bits per heavy atom. The summed E-state index contributed by atoms with van der Waals surface area (Å²) in [6, 6.07) is 0. The van der Waals surface area contributed by atoms with Crippen molar-refractivity contribution in [3.63, 3.8) is 0 Å². The van der Waals surface area contributed by atoms with Crippen LogP contribution in [0.15, 0.2) is 25.3 Å². The molecule has 0 amide bonds. The van der Waals surface area contributed by atoms with Crippen molar-refractivity contribution in [2.45, 2.75) is 122 Å². The standard InChI is InChI=1S/C30H59NO4/c1-4-7-8-9-10-11-12-13-14-15-16-17-18-19-20-21-22-31(25-29(32)27-34-23-5-2)26-30(33)28-35-24-6-3/h5-6,29-30,32-33H,2-4,7-28H2,1H3. The highest BCUT2D eigenvalue weighted by Crippen LogP contribution is 2.14. The van der Waals surface area contributed by atoms with E-state index in [1.165, 1.54) is 96.3 Å². The number of hydrogen-bond donors (Lipinski definition) is 2. The molecule has 0 aliphatic heterocycles. The summed E-state index contributed by atoms with van der Waals surface area (Å²) in [7, 11) is 0. The number of ether oxygens (including phenoxy) is 2. The van der Waals surface area contributed by atoms with Gasteiger partial charge in [0.25, 0.3) is 0 Å². The molecule has 0 aromatic carbocycles. The topological polar surface area (TPSA) is 62.2 Å². The minimum absolute atomic E-state index is 0.282. The van der Waals surface area contributed by atoms with Gasteiger partial charge >= 0.3 is 0 Å². The third-order valence-electron chi connectivity index (χ3n) is 6.36. The molecule has 5 heteroatoms. The van der Waals surface area contributed by atoms with E-state index >= 15 is 0 Å². The summed E-state index contributed by atoms with van der Waals surface area (Å²) in [5.74, 6) is 0. The maximum absolute atomic E-state index is 10.3. The zero-order valence-electron chi connectivity index (χ0n) is 23.1. The van der Waals surface area contributed by atoms with Gasteiger partial charge in [-0.25, -0.2) is 0 Å². The van der Waals surface area contributed by atoms with Crippen molar-refractivity contribution < 1.29 is 19.7 Å². The van der Waals surface area contributed by atoms with Gasteiger partial charge in [0.05, 0.1) is 38.6 Å². The van der Waals surface area contributed by atoms with Crippen molar-refractivity contribution in [1.29, 1.82) is 0 Å². The Morgan fingerprint density at radius 1 is 0.600 bits per heavy atom. The first kappa shape index (κ1) is 34.3. The van der Waals surface area contributed by atoms with E-state index in [4.69, 9.17) is 9.47 Å². The number of rotatable bonds is 29. The Bertz CT molecular complexity index is 424. The Hall–Kier alpha value is -0.720. The van der Waals surface area contributed by atoms with Gasteiger partial charge in [-0.1, -0.05) is 115 Å². The second-order valence-electron chi connectivity index (χ2n) is 10.0. The van der Waals surface area contributed by atoms with Crippen LogP contribution in [0, 0.1) is 0 Å². The molecule has 2 unspecified atom stereocenters. The summed E-state index contributed by atoms with van der Waals surface area (Å²) < 4.78 is 10.7. The van der Waals surface area contributed by atoms with Gasteiger partial charge in [-0.05, 0) is 13.0 Å². The second-order valence-corrected chi connectivity index (χ2v) is 10.0. The fraction of sp³-hybridized carbons (Fsp3) is 0.867. The number of hydrogen-bond acceptors (Lipinski definition) is 5. The van der Waals surface area contributed by atoms with Crippen LogP contribution >= 0.6 is 0 Å². The van der Waals surface area contributed by atoms with E-state index in [2.05, 4.69) is 25.0 Å². The van der Waals surface area contributed by atoms with Crippen LogP contribution in [0.3, 0.4) is 0 Å². The molecule has 0 heterocycles. The zero-order chi connectivity index (χ0) is 25.8. The van der Waals surface area contributed by atoms with Gasteiger partial charge in [-0.15, -0.1) is 13.2 Å². The molecule has 208 valence electrons. The Balaban J connectivity index is 3.82. The van der Waals surface area contributed by atoms with Crippen LogP contribution in [-0.2, 0) is 9.47 Å². The minimum Gasteiger partial charge on any atom is -0.389 e. The van der Waals surface area contributed by atoms with Gasteiger partial charge in [0, 0.05) is 13.1 Å². The van der Waals surface area contributed by atoms with Gasteiger partial charge in [-0.2, -0.15) is 0 Å². The van der Waals surface area contributed by atoms with E-state index in [0.29, 0.717) is 26.3 Å². The molecule has 2 N–H and O–H groups in total. The molecule has 0 fully saturated rings. The molecule has 0 saturated heterocycles. The van der Waals surface area contributed by atoms with Crippen LogP contribution in [0.1, 0.15) is 110 Å². The lowest BCUT2D eigenvalue weighted by Crippen LogP contribution is -2.41. The molecule has 0 aromatic heterocycles. The minimum atomic E-state index is -0.572. The average Bonchev–Trinajstić information content (AvgIpc) is 2.84. The van der Waals surface area contributed by atoms with Gasteiger partial charge < -0.3 is 19.7 Å². The summed E-state index contributed by atoms with van der Waals surface area (Å²) in [6.45, 7) is 12.8. The predicted octanol–water partition coefficient (Wildman–Crippen LogP) is 6.68. The van der Waals surface area contributed by atoms with E-state index in [1.807, 2.05) is 0 Å². The third kappa shape index (κ3) is 26.2. The van der Waals surface area contributed by atoms with Crippen LogP contribution in [-0.4, -0.2) is 73.4 Å². The van der Waals surface area contributed by atoms with Crippen molar-refractivity contribution in [2.24, 2.45) is 0 Å². The normalized spacial score (nSPS) is 13.3. The van der Waals surface area contributed by atoms with Gasteiger partial charge in [0.2, 0.25) is 0 Å². The largest absolute Gasteiger partial charge is 0.389 e. The molecule has 2 atom stereocenters. The van der Waals surface area contributed by atoms with Gasteiger partial charge in [-0.3, -0.25) is 4.90 Å². The quantitative estimate of drug-likeness (QED) is 0.0892. The highest BCUT2D eigenvalue weighted by Gasteiger charge is 2.16. The second kappa shape index (κ2) is 27.9. The molecular formula is C30H59NO4. The summed E-state index contributed by atoms with van der Waals surface area (Å²) in [6.07, 6.45) is 23.9. The lowest BCUT2D eigenvalue weighted by molar-refractivity contribution is -0.00299. The van der Waals surface area contributed by atoms with Crippen LogP contribution in [0.2, 0.25) is 0 Å². The number of aliphatic hydroxyl groups is 2. The Labute approximate surface area is 218 Å². The molecule has 5 nitrogen and oxygen atoms in total. The monoisotopic (exact) mass is 497 g/mol. The molecule has 0 radical (unpaired) electrons. The molecule has 0 aromatic rings. The first-order valence-electron chi connectivity index (χ1n) is 14.6. The SMILES string of the molecule is C=CCOCC(O)CN(CCCCCCCCCCCCCCCCCC)CC(O)COCC=C. The van der Waals surface area contributed by atoms with E-state index < -0.39 is 12.2 Å². The van der Waals surface area contributed by atoms with E-state index in [-0.39, 0.29) is 13.2 Å². The van der Waals surface area contributed by atoms with Crippen molar-refractivity contribution in [1.82, 2.24) is 4.90 Å². The Kier molecular flexibility index (Phi) is 27.3. The van der Waals surface area contributed by atoms with Crippen molar-refractivity contribution in [3.05, 3.63) is 25.3 Å². The fourth-order valence-corrected chi connectivity index (χ4v) is 4.42. The molecule has 35 heavy (non-hydrogen) atoms. The molecular weight excluding hydrogens is 438 g/mol. The third-order valence-corrected chi connectivity index (χ3v) is 6.36. The van der Waals surface area contributed by atoms with Crippen molar-refractivity contribution in [2.75, 3.05) is 46.1 Å². The number of aliphatic hydroxyl groups excluding tert-OH is 2. The summed E-state index contributed by atoms with van der Waals surface area (Å²) in [5, 5.41) is 20.6. The molecule has 0 saturated carbocycles. The molecule has 0 aliphatic rings. The average molecular weight is 498 g/mol. The highest BCUT2D eigenvalue weighted by molar-refractivity contribution is 4.71. The summed E-state index contributed by atoms with van der Waals surface area (Å²) >= 11 is 0. The number of unbranched alkanes of at least 4 members (excludes halogenated alkanes) is 15. The van der Waals surface area contributed by atoms with Crippen LogP contribution in [0.4, 0.5) is 0 Å². The predicted molar refractivity (Wildman–Crippen MR) is 150 cm³/mol. The first-order chi connectivity index (χ1) is 17.1. The van der Waals surface area contributed by atoms with E-state index in [0.717, 1.165) is 13.0 Å². The fourth-order valence-electron chi connectivity index (χ4n) is 4.42. The summed E-state index contributed by atoms with van der Waals surface area (Å²) in [4.78, 5) is 2.13. The highest BCUT2D eigenvalue weighted by atomic mass is 16.5. The maximum atomic E-state index is 10.3. The lowest BCUT2D eigenvalue weighted by Gasteiger charge is -2.27. The van der Waals surface area contributed by atoms with Crippen LogP contribution in [0.5, 0.6) is 0 Å². The van der Waals surface area contributed by atoms with Gasteiger partial charge in [0.15, 0.2) is 0 Å². The van der Waals surface area contributed by atoms with E-state index in [9.17, 15) is 10.2 Å². The van der Waals surface area contributed by atoms with Crippen molar-refractivity contribution >= 4 is 0 Å². The number of nitrogens with zero attached hydrogens (tertiary/aromatic N) is 1. The first-order valence-corrected chi connectivity index (χ1v) is 14.6. The van der Waals surface area contributed by atoms with Crippen LogP contribution in [0.25, 0.3) is 0 Å². The molecule has 0 bridgehead atoms.